The lowest BCUT2D eigenvalue weighted by molar-refractivity contribution is -0.139. The maximum Gasteiger partial charge on any atom is 0.408 e. The molecule has 0 saturated carbocycles. The molecule has 0 unspecified atom stereocenters. The van der Waals surface area contributed by atoms with E-state index in [2.05, 4.69) is 25.8 Å². The predicted molar refractivity (Wildman–Crippen MR) is 171 cm³/mol. The molecule has 2 aromatic carbocycles. The molecule has 0 aliphatic rings. The van der Waals surface area contributed by atoms with E-state index < -0.39 is 54.5 Å². The molecule has 3 amide bonds. The van der Waals surface area contributed by atoms with E-state index in [1.807, 2.05) is 72.8 Å². The van der Waals surface area contributed by atoms with Crippen molar-refractivity contribution in [2.24, 2.45) is 5.41 Å². The Labute approximate surface area is 269 Å². The number of amides is 3. The van der Waals surface area contributed by atoms with Crippen molar-refractivity contribution in [3.05, 3.63) is 90.1 Å². The number of benzene rings is 2. The van der Waals surface area contributed by atoms with Crippen molar-refractivity contribution in [1.29, 1.82) is 0 Å². The molecule has 1 aromatic heterocycles. The first-order chi connectivity index (χ1) is 22.3. The topological polar surface area (TPSA) is 142 Å². The van der Waals surface area contributed by atoms with Gasteiger partial charge in [0.2, 0.25) is 0 Å². The summed E-state index contributed by atoms with van der Waals surface area (Å²) in [7, 11) is -3.02. The minimum atomic E-state index is -3.02. The highest BCUT2D eigenvalue weighted by molar-refractivity contribution is 5.86. The van der Waals surface area contributed by atoms with Crippen LogP contribution in [-0.2, 0) is 27.2 Å². The first-order valence-electron chi connectivity index (χ1n) is 16.1. The van der Waals surface area contributed by atoms with Gasteiger partial charge in [-0.2, -0.15) is 5.01 Å². The lowest BCUT2D eigenvalue weighted by Crippen LogP contribution is -2.62. The first kappa shape index (κ1) is 30.5. The van der Waals surface area contributed by atoms with Gasteiger partial charge in [-0.15, -0.1) is 0 Å². The van der Waals surface area contributed by atoms with Crippen LogP contribution in [0.4, 0.5) is 9.59 Å². The van der Waals surface area contributed by atoms with Crippen molar-refractivity contribution in [3.63, 3.8) is 0 Å². The number of pyridine rings is 1. The average Bonchev–Trinajstić information content (AvgIpc) is 2.98. The van der Waals surface area contributed by atoms with Crippen molar-refractivity contribution in [2.45, 2.75) is 78.4 Å². The second-order valence-electron chi connectivity index (χ2n) is 12.7. The molecule has 11 heteroatoms. The standard InChI is InChI=1S/C34H45N5O6/c1-33(2,3)28(37-31(42)44-7)29(40)38-39(22-24-16-18-25(19-17-24)26-15-11-12-20-35-26)30(41)27(21-23-13-9-8-10-14-23)36-32(43)45-34(4,5)6/h8-20,27-28,30,41H,21-22H2,1-7H3,(H,36,43)(H,37,42)(H,38,40)/t27-,28+,30+/m0/s1/i7D3. The molecule has 4 N–H and O–H groups in total. The first-order valence-corrected chi connectivity index (χ1v) is 14.6. The minimum absolute atomic E-state index is 0.0345. The van der Waals surface area contributed by atoms with Crippen LogP contribution in [0.1, 0.15) is 56.8 Å². The van der Waals surface area contributed by atoms with E-state index in [1.54, 1.807) is 47.7 Å². The molecule has 11 nitrogen and oxygen atoms in total. The fraction of sp³-hybridized carbons (Fsp3) is 0.412. The molecule has 242 valence electrons. The zero-order valence-corrected chi connectivity index (χ0v) is 26.5. The summed E-state index contributed by atoms with van der Waals surface area (Å²) in [5.41, 5.74) is 4.07. The number of aliphatic hydroxyl groups is 1. The van der Waals surface area contributed by atoms with Crippen molar-refractivity contribution in [1.82, 2.24) is 26.1 Å². The van der Waals surface area contributed by atoms with Crippen molar-refractivity contribution < 1.29 is 33.1 Å². The smallest absolute Gasteiger partial charge is 0.408 e. The molecule has 0 aliphatic carbocycles. The van der Waals surface area contributed by atoms with Gasteiger partial charge in [-0.3, -0.25) is 15.2 Å². The zero-order chi connectivity index (χ0) is 35.7. The Hall–Kier alpha value is -4.48. The van der Waals surface area contributed by atoms with E-state index in [0.717, 1.165) is 16.8 Å². The van der Waals surface area contributed by atoms with E-state index in [-0.39, 0.29) is 13.0 Å². The van der Waals surface area contributed by atoms with Crippen molar-refractivity contribution in [2.75, 3.05) is 7.04 Å². The Morgan fingerprint density at radius 2 is 1.56 bits per heavy atom. The summed E-state index contributed by atoms with van der Waals surface area (Å²) < 4.78 is 31.6. The maximum absolute atomic E-state index is 13.8. The van der Waals surface area contributed by atoms with E-state index in [1.165, 1.54) is 5.01 Å². The largest absolute Gasteiger partial charge is 0.453 e. The lowest BCUT2D eigenvalue weighted by atomic mass is 9.86. The highest BCUT2D eigenvalue weighted by atomic mass is 16.6. The van der Waals surface area contributed by atoms with Gasteiger partial charge in [-0.25, -0.2) is 9.59 Å². The zero-order valence-electron chi connectivity index (χ0n) is 29.5. The van der Waals surface area contributed by atoms with E-state index >= 15 is 0 Å². The molecule has 3 rings (SSSR count). The fourth-order valence-electron chi connectivity index (χ4n) is 4.51. The van der Waals surface area contributed by atoms with E-state index in [0.29, 0.717) is 5.56 Å². The van der Waals surface area contributed by atoms with Crippen LogP contribution in [0.25, 0.3) is 11.3 Å². The molecule has 0 radical (unpaired) electrons. The summed E-state index contributed by atoms with van der Waals surface area (Å²) in [6.07, 6.45) is -1.74. The van der Waals surface area contributed by atoms with Gasteiger partial charge in [0, 0.05) is 18.3 Å². The summed E-state index contributed by atoms with van der Waals surface area (Å²) in [6, 6.07) is 19.8. The van der Waals surface area contributed by atoms with E-state index in [4.69, 9.17) is 8.85 Å². The summed E-state index contributed by atoms with van der Waals surface area (Å²) in [6.45, 7) is 10.1. The normalized spacial score (nSPS) is 15.0. The molecule has 1 heterocycles. The number of nitrogens with zero attached hydrogens (tertiary/aromatic N) is 2. The fourth-order valence-corrected chi connectivity index (χ4v) is 4.51. The Morgan fingerprint density at radius 1 is 0.889 bits per heavy atom. The van der Waals surface area contributed by atoms with Crippen LogP contribution < -0.4 is 16.1 Å². The Balaban J connectivity index is 1.98. The molecule has 0 bridgehead atoms. The third kappa shape index (κ3) is 11.2. The van der Waals surface area contributed by atoms with Crippen LogP contribution in [0.5, 0.6) is 0 Å². The molecule has 0 spiro atoms. The van der Waals surface area contributed by atoms with Gasteiger partial charge in [0.1, 0.15) is 17.9 Å². The number of aromatic nitrogens is 1. The summed E-state index contributed by atoms with van der Waals surface area (Å²) in [5, 5.41) is 18.2. The number of nitrogens with one attached hydrogen (secondary N) is 3. The quantitative estimate of drug-likeness (QED) is 0.176. The average molecular weight is 623 g/mol. The molecule has 0 saturated heterocycles. The number of carbonyl (C=O) groups excluding carboxylic acids is 3. The second-order valence-corrected chi connectivity index (χ2v) is 12.7. The summed E-state index contributed by atoms with van der Waals surface area (Å²) >= 11 is 0. The summed E-state index contributed by atoms with van der Waals surface area (Å²) in [4.78, 5) is 43.6. The molecule has 45 heavy (non-hydrogen) atoms. The van der Waals surface area contributed by atoms with Gasteiger partial charge in [0.15, 0.2) is 0 Å². The van der Waals surface area contributed by atoms with Crippen molar-refractivity contribution >= 4 is 18.1 Å². The Kier molecular flexibility index (Phi) is 10.5. The van der Waals surface area contributed by atoms with Gasteiger partial charge in [0.25, 0.3) is 5.91 Å². The van der Waals surface area contributed by atoms with Crippen LogP contribution in [-0.4, -0.2) is 64.1 Å². The number of carbonyl (C=O) groups is 3. The SMILES string of the molecule is [2H]C([2H])([2H])OC(=O)N[C@H](C(=O)NN(Cc1ccc(-c2ccccn2)cc1)[C@H](O)[C@H](Cc1ccccc1)NC(=O)OC(C)(C)C)C(C)(C)C. The van der Waals surface area contributed by atoms with Gasteiger partial charge < -0.3 is 25.2 Å². The van der Waals surface area contributed by atoms with Crippen LogP contribution in [0.15, 0.2) is 79.0 Å². The van der Waals surface area contributed by atoms with Gasteiger partial charge in [-0.05, 0) is 55.9 Å². The number of hydrogen-bond acceptors (Lipinski definition) is 8. The molecule has 0 fully saturated rings. The maximum atomic E-state index is 13.8. The van der Waals surface area contributed by atoms with Gasteiger partial charge >= 0.3 is 12.2 Å². The molecular weight excluding hydrogens is 574 g/mol. The third-order valence-electron chi connectivity index (χ3n) is 6.68. The van der Waals surface area contributed by atoms with E-state index in [9.17, 15) is 19.5 Å². The number of rotatable bonds is 11. The number of methoxy groups -OCH3 is 1. The number of aliphatic hydroxyl groups excluding tert-OH is 1. The Morgan fingerprint density at radius 3 is 2.13 bits per heavy atom. The number of hydrogen-bond donors (Lipinski definition) is 4. The summed E-state index contributed by atoms with van der Waals surface area (Å²) in [5.74, 6) is -0.759. The molecule has 3 aromatic rings. The molecule has 0 aliphatic heterocycles. The number of hydrazine groups is 1. The minimum Gasteiger partial charge on any atom is -0.453 e. The lowest BCUT2D eigenvalue weighted by Gasteiger charge is -2.37. The monoisotopic (exact) mass is 622 g/mol. The van der Waals surface area contributed by atoms with Gasteiger partial charge in [-0.1, -0.05) is 81.4 Å². The van der Waals surface area contributed by atoms with Crippen LogP contribution in [0.3, 0.4) is 0 Å². The van der Waals surface area contributed by atoms with Crippen LogP contribution in [0, 0.1) is 5.41 Å². The molecule has 3 atom stereocenters. The predicted octanol–water partition coefficient (Wildman–Crippen LogP) is 4.81. The third-order valence-corrected chi connectivity index (χ3v) is 6.68. The highest BCUT2D eigenvalue weighted by Gasteiger charge is 2.37. The van der Waals surface area contributed by atoms with Gasteiger partial charge in [0.05, 0.1) is 22.9 Å². The number of alkyl carbamates (subject to hydrolysis) is 2. The van der Waals surface area contributed by atoms with Crippen LogP contribution >= 0.6 is 0 Å². The van der Waals surface area contributed by atoms with Crippen molar-refractivity contribution in [3.8, 4) is 11.3 Å². The number of ether oxygens (including phenoxy) is 2. The highest BCUT2D eigenvalue weighted by Crippen LogP contribution is 2.22. The van der Waals surface area contributed by atoms with Crippen LogP contribution in [0.2, 0.25) is 0 Å². The Bertz CT molecular complexity index is 1490. The second kappa shape index (κ2) is 15.5. The molecular formula is C34H45N5O6.